The number of ether oxygens (including phenoxy) is 1. The maximum absolute atomic E-state index is 6.01. The summed E-state index contributed by atoms with van der Waals surface area (Å²) >= 11 is 0. The van der Waals surface area contributed by atoms with Crippen molar-refractivity contribution < 1.29 is 4.74 Å². The molecule has 1 aliphatic carbocycles. The third kappa shape index (κ3) is 8.91. The normalized spacial score (nSPS) is 26.1. The second kappa shape index (κ2) is 11.6. The third-order valence-electron chi connectivity index (χ3n) is 5.65. The van der Waals surface area contributed by atoms with Crippen molar-refractivity contribution in [3.63, 3.8) is 0 Å². The number of nitrogens with one attached hydrogen (secondary N) is 1. The van der Waals surface area contributed by atoms with Crippen LogP contribution < -0.4 is 11.1 Å². The van der Waals surface area contributed by atoms with Crippen LogP contribution in [0.5, 0.6) is 0 Å². The smallest absolute Gasteiger partial charge is 0.188 e. The molecule has 2 rings (SSSR count). The molecule has 2 fully saturated rings. The molecule has 0 atom stereocenters. The fourth-order valence-electron chi connectivity index (χ4n) is 3.84. The molecule has 0 aromatic heterocycles. The highest BCUT2D eigenvalue weighted by Crippen LogP contribution is 2.39. The van der Waals surface area contributed by atoms with Gasteiger partial charge >= 0.3 is 0 Å². The Labute approximate surface area is 171 Å². The lowest BCUT2D eigenvalue weighted by Crippen LogP contribution is -2.39. The molecule has 0 aromatic rings. The van der Waals surface area contributed by atoms with Crippen molar-refractivity contribution >= 4 is 29.9 Å². The van der Waals surface area contributed by atoms with E-state index in [1.165, 1.54) is 25.7 Å². The fourth-order valence-corrected chi connectivity index (χ4v) is 3.84. The van der Waals surface area contributed by atoms with E-state index in [9.17, 15) is 0 Å². The van der Waals surface area contributed by atoms with E-state index in [1.54, 1.807) is 0 Å². The molecule has 3 N–H and O–H groups in total. The van der Waals surface area contributed by atoms with Crippen molar-refractivity contribution in [3.05, 3.63) is 0 Å². The lowest BCUT2D eigenvalue weighted by molar-refractivity contribution is 0.0376. The number of nitrogens with two attached hydrogens (primary N) is 1. The average molecular weight is 466 g/mol. The molecule has 0 radical (unpaired) electrons. The SMILES string of the molecule is CC(C)(C)C1CCC(CN=C(N)NCCCN2CCOCC2)CC1.I. The van der Waals surface area contributed by atoms with Gasteiger partial charge < -0.3 is 15.8 Å². The van der Waals surface area contributed by atoms with E-state index in [0.717, 1.165) is 64.2 Å². The summed E-state index contributed by atoms with van der Waals surface area (Å²) in [7, 11) is 0. The Morgan fingerprint density at radius 1 is 1.16 bits per heavy atom. The fraction of sp³-hybridized carbons (Fsp3) is 0.947. The molecule has 2 aliphatic rings. The summed E-state index contributed by atoms with van der Waals surface area (Å²) in [4.78, 5) is 7.02. The molecule has 0 unspecified atom stereocenters. The molecule has 0 amide bonds. The summed E-state index contributed by atoms with van der Waals surface area (Å²) in [6.45, 7) is 13.9. The van der Waals surface area contributed by atoms with Crippen molar-refractivity contribution in [2.24, 2.45) is 28.0 Å². The van der Waals surface area contributed by atoms with Crippen LogP contribution >= 0.6 is 24.0 Å². The average Bonchev–Trinajstić information content (AvgIpc) is 2.57. The first-order valence-corrected chi connectivity index (χ1v) is 9.79. The van der Waals surface area contributed by atoms with Gasteiger partial charge in [-0.3, -0.25) is 9.89 Å². The van der Waals surface area contributed by atoms with E-state index >= 15 is 0 Å². The number of hydrogen-bond donors (Lipinski definition) is 2. The molecule has 0 aromatic carbocycles. The number of rotatable bonds is 6. The highest BCUT2D eigenvalue weighted by atomic mass is 127. The van der Waals surface area contributed by atoms with Crippen LogP contribution in [0.25, 0.3) is 0 Å². The Balaban J connectivity index is 0.00000312. The predicted octanol–water partition coefficient (Wildman–Crippen LogP) is 3.08. The lowest BCUT2D eigenvalue weighted by Gasteiger charge is -2.36. The van der Waals surface area contributed by atoms with Gasteiger partial charge in [-0.2, -0.15) is 0 Å². The molecule has 1 aliphatic heterocycles. The Bertz CT molecular complexity index is 383. The molecule has 0 bridgehead atoms. The number of morpholine rings is 1. The topological polar surface area (TPSA) is 62.9 Å². The van der Waals surface area contributed by atoms with E-state index in [2.05, 4.69) is 36.0 Å². The van der Waals surface area contributed by atoms with Crippen LogP contribution in [0, 0.1) is 17.3 Å². The second-order valence-electron chi connectivity index (χ2n) is 8.54. The summed E-state index contributed by atoms with van der Waals surface area (Å²) in [6, 6.07) is 0. The van der Waals surface area contributed by atoms with E-state index in [-0.39, 0.29) is 24.0 Å². The minimum Gasteiger partial charge on any atom is -0.379 e. The van der Waals surface area contributed by atoms with Gasteiger partial charge in [0.05, 0.1) is 13.2 Å². The zero-order valence-electron chi connectivity index (χ0n) is 16.4. The van der Waals surface area contributed by atoms with Gasteiger partial charge in [-0.05, 0) is 55.9 Å². The summed E-state index contributed by atoms with van der Waals surface area (Å²) in [5.74, 6) is 2.21. The van der Waals surface area contributed by atoms with Gasteiger partial charge in [-0.15, -0.1) is 24.0 Å². The molecule has 5 nitrogen and oxygen atoms in total. The molecule has 1 saturated carbocycles. The summed E-state index contributed by atoms with van der Waals surface area (Å²) < 4.78 is 5.36. The highest BCUT2D eigenvalue weighted by molar-refractivity contribution is 14.0. The highest BCUT2D eigenvalue weighted by Gasteiger charge is 2.29. The van der Waals surface area contributed by atoms with Crippen molar-refractivity contribution in [2.75, 3.05) is 45.9 Å². The lowest BCUT2D eigenvalue weighted by atomic mass is 9.70. The number of guanidine groups is 1. The van der Waals surface area contributed by atoms with E-state index in [4.69, 9.17) is 10.5 Å². The van der Waals surface area contributed by atoms with E-state index in [0.29, 0.717) is 11.4 Å². The summed E-state index contributed by atoms with van der Waals surface area (Å²) in [5.41, 5.74) is 6.47. The predicted molar refractivity (Wildman–Crippen MR) is 117 cm³/mol. The van der Waals surface area contributed by atoms with Gasteiger partial charge in [-0.25, -0.2) is 0 Å². The largest absolute Gasteiger partial charge is 0.379 e. The maximum Gasteiger partial charge on any atom is 0.188 e. The molecular weight excluding hydrogens is 427 g/mol. The second-order valence-corrected chi connectivity index (χ2v) is 8.54. The van der Waals surface area contributed by atoms with Crippen LogP contribution in [0.3, 0.4) is 0 Å². The molecule has 1 saturated heterocycles. The van der Waals surface area contributed by atoms with Crippen molar-refractivity contribution in [1.82, 2.24) is 10.2 Å². The Morgan fingerprint density at radius 3 is 2.40 bits per heavy atom. The van der Waals surface area contributed by atoms with Crippen LogP contribution in [-0.2, 0) is 4.74 Å². The third-order valence-corrected chi connectivity index (χ3v) is 5.65. The first-order chi connectivity index (χ1) is 11.4. The Kier molecular flexibility index (Phi) is 10.6. The van der Waals surface area contributed by atoms with Gasteiger partial charge in [0.1, 0.15) is 0 Å². The zero-order valence-corrected chi connectivity index (χ0v) is 18.8. The van der Waals surface area contributed by atoms with E-state index < -0.39 is 0 Å². The van der Waals surface area contributed by atoms with Gasteiger partial charge in [0.25, 0.3) is 0 Å². The minimum absolute atomic E-state index is 0. The molecule has 6 heteroatoms. The van der Waals surface area contributed by atoms with Gasteiger partial charge in [0.2, 0.25) is 0 Å². The first kappa shape index (κ1) is 23.0. The zero-order chi connectivity index (χ0) is 17.4. The van der Waals surface area contributed by atoms with Crippen LogP contribution in [-0.4, -0.2) is 56.8 Å². The van der Waals surface area contributed by atoms with Gasteiger partial charge in [-0.1, -0.05) is 20.8 Å². The van der Waals surface area contributed by atoms with Crippen molar-refractivity contribution in [3.8, 4) is 0 Å². The Morgan fingerprint density at radius 2 is 1.80 bits per heavy atom. The van der Waals surface area contributed by atoms with Gasteiger partial charge in [0.15, 0.2) is 5.96 Å². The minimum atomic E-state index is 0. The first-order valence-electron chi connectivity index (χ1n) is 9.79. The summed E-state index contributed by atoms with van der Waals surface area (Å²) in [6.07, 6.45) is 6.39. The van der Waals surface area contributed by atoms with Crippen LogP contribution in [0.1, 0.15) is 52.9 Å². The molecule has 25 heavy (non-hydrogen) atoms. The van der Waals surface area contributed by atoms with Gasteiger partial charge in [0, 0.05) is 26.2 Å². The number of aliphatic imine (C=N–C) groups is 1. The van der Waals surface area contributed by atoms with Crippen LogP contribution in [0.2, 0.25) is 0 Å². The maximum atomic E-state index is 6.01. The molecule has 0 spiro atoms. The van der Waals surface area contributed by atoms with Crippen LogP contribution in [0.15, 0.2) is 4.99 Å². The van der Waals surface area contributed by atoms with Crippen molar-refractivity contribution in [1.29, 1.82) is 0 Å². The molecular formula is C19H39IN4O. The summed E-state index contributed by atoms with van der Waals surface area (Å²) in [5, 5.41) is 3.26. The monoisotopic (exact) mass is 466 g/mol. The van der Waals surface area contributed by atoms with E-state index in [1.807, 2.05) is 0 Å². The number of nitrogens with zero attached hydrogens (tertiary/aromatic N) is 2. The molecule has 148 valence electrons. The standard InChI is InChI=1S/C19H38N4O.HI/c1-19(2,3)17-7-5-16(6-8-17)15-22-18(20)21-9-4-10-23-11-13-24-14-12-23;/h16-17H,4-15H2,1-3H3,(H3,20,21,22);1H. The molecule has 1 heterocycles. The number of halogens is 1. The Hall–Kier alpha value is -0.0800. The van der Waals surface area contributed by atoms with Crippen molar-refractivity contribution in [2.45, 2.75) is 52.9 Å². The number of hydrogen-bond acceptors (Lipinski definition) is 3. The quantitative estimate of drug-likeness (QED) is 0.273. The van der Waals surface area contributed by atoms with Crippen LogP contribution in [0.4, 0.5) is 0 Å².